The second-order valence-electron chi connectivity index (χ2n) is 7.51. The Morgan fingerprint density at radius 3 is 2.37 bits per heavy atom. The number of aliphatic hydroxyl groups excluding tert-OH is 1. The van der Waals surface area contributed by atoms with Crippen LogP contribution in [-0.2, 0) is 19.1 Å². The number of nitrogens with zero attached hydrogens (tertiary/aromatic N) is 2. The first kappa shape index (κ1) is 20.9. The highest BCUT2D eigenvalue weighted by atomic mass is 16.6. The lowest BCUT2D eigenvalue weighted by Crippen LogP contribution is -2.55. The summed E-state index contributed by atoms with van der Waals surface area (Å²) in [4.78, 5) is 39.6. The highest BCUT2D eigenvalue weighted by Crippen LogP contribution is 2.22. The van der Waals surface area contributed by atoms with Crippen LogP contribution in [0.15, 0.2) is 24.3 Å². The molecule has 0 saturated carbocycles. The van der Waals surface area contributed by atoms with Crippen molar-refractivity contribution in [3.05, 3.63) is 29.8 Å². The summed E-state index contributed by atoms with van der Waals surface area (Å²) in [5, 5.41) is 10.2. The Balaban J connectivity index is 2.14. The Hall–Kier alpha value is -2.45. The molecular formula is C19H26N2O6. The number of aliphatic hydroxyl groups is 1. The number of hydrogen-bond donors (Lipinski definition) is 1. The lowest BCUT2D eigenvalue weighted by atomic mass is 10.1. The normalized spacial score (nSPS) is 18.8. The van der Waals surface area contributed by atoms with E-state index in [0.29, 0.717) is 11.3 Å². The van der Waals surface area contributed by atoms with Crippen LogP contribution in [0, 0.1) is 0 Å². The quantitative estimate of drug-likeness (QED) is 0.780. The van der Waals surface area contributed by atoms with Gasteiger partial charge in [-0.25, -0.2) is 4.79 Å². The van der Waals surface area contributed by atoms with Crippen molar-refractivity contribution >= 4 is 23.5 Å². The van der Waals surface area contributed by atoms with Gasteiger partial charge in [-0.05, 0) is 45.0 Å². The van der Waals surface area contributed by atoms with E-state index in [4.69, 9.17) is 9.47 Å². The molecule has 1 N–H and O–H groups in total. The molecule has 148 valence electrons. The predicted octanol–water partition coefficient (Wildman–Crippen LogP) is 0.823. The minimum Gasteiger partial charge on any atom is -0.458 e. The Labute approximate surface area is 158 Å². The number of carbonyl (C=O) groups excluding carboxylic acids is 3. The molecule has 0 radical (unpaired) electrons. The number of carbonyl (C=O) groups is 3. The average molecular weight is 378 g/mol. The fourth-order valence-electron chi connectivity index (χ4n) is 2.62. The highest BCUT2D eigenvalue weighted by molar-refractivity contribution is 6.01. The van der Waals surface area contributed by atoms with Crippen LogP contribution in [0.3, 0.4) is 0 Å². The minimum absolute atomic E-state index is 0.145. The summed E-state index contributed by atoms with van der Waals surface area (Å²) in [7, 11) is 3.31. The van der Waals surface area contributed by atoms with E-state index in [2.05, 4.69) is 0 Å². The third kappa shape index (κ3) is 5.05. The van der Waals surface area contributed by atoms with E-state index in [9.17, 15) is 19.5 Å². The molecule has 2 rings (SSSR count). The molecular weight excluding hydrogens is 352 g/mol. The van der Waals surface area contributed by atoms with Crippen LogP contribution in [0.4, 0.5) is 5.69 Å². The van der Waals surface area contributed by atoms with Crippen LogP contribution in [0.5, 0.6) is 0 Å². The van der Waals surface area contributed by atoms with E-state index in [1.807, 2.05) is 0 Å². The van der Waals surface area contributed by atoms with Gasteiger partial charge in [-0.15, -0.1) is 0 Å². The van der Waals surface area contributed by atoms with Crippen LogP contribution >= 0.6 is 0 Å². The third-order valence-corrected chi connectivity index (χ3v) is 3.89. The molecule has 8 heteroatoms. The fraction of sp³-hybridized carbons (Fsp3) is 0.526. The van der Waals surface area contributed by atoms with Crippen LogP contribution in [0.1, 0.15) is 31.1 Å². The number of anilines is 1. The van der Waals surface area contributed by atoms with Gasteiger partial charge in [-0.2, -0.15) is 0 Å². The maximum atomic E-state index is 12.7. The summed E-state index contributed by atoms with van der Waals surface area (Å²) in [5.74, 6) is -1.59. The van der Waals surface area contributed by atoms with Crippen molar-refractivity contribution in [2.45, 2.75) is 38.6 Å². The molecule has 0 aromatic heterocycles. The Kier molecular flexibility index (Phi) is 6.22. The van der Waals surface area contributed by atoms with Gasteiger partial charge in [0.1, 0.15) is 5.60 Å². The standard InChI is InChI=1S/C19H26N2O6/c1-19(2,3)27-18(25)14(22)15-17(24)21(10-11-26-15)13-8-6-12(7-9-13)16(23)20(4)5/h6-9,14-15,22H,10-11H2,1-5H3/t14-,15-/m1/s1. The van der Waals surface area contributed by atoms with Crippen molar-refractivity contribution in [3.8, 4) is 0 Å². The number of rotatable bonds is 4. The molecule has 0 bridgehead atoms. The average Bonchev–Trinajstić information content (AvgIpc) is 2.59. The molecule has 1 aliphatic rings. The highest BCUT2D eigenvalue weighted by Gasteiger charge is 2.41. The zero-order chi connectivity index (χ0) is 20.4. The van der Waals surface area contributed by atoms with E-state index >= 15 is 0 Å². The van der Waals surface area contributed by atoms with Gasteiger partial charge in [0.15, 0.2) is 12.2 Å². The molecule has 1 heterocycles. The maximum Gasteiger partial charge on any atom is 0.338 e. The molecule has 1 saturated heterocycles. The number of ether oxygens (including phenoxy) is 2. The topological polar surface area (TPSA) is 96.4 Å². The van der Waals surface area contributed by atoms with E-state index in [-0.39, 0.29) is 19.1 Å². The van der Waals surface area contributed by atoms with Crippen molar-refractivity contribution in [2.75, 3.05) is 32.1 Å². The summed E-state index contributed by atoms with van der Waals surface area (Å²) in [6.07, 6.45) is -3.05. The first-order chi connectivity index (χ1) is 12.5. The van der Waals surface area contributed by atoms with Gasteiger partial charge in [0.2, 0.25) is 0 Å². The number of esters is 1. The van der Waals surface area contributed by atoms with Gasteiger partial charge in [0.05, 0.1) is 6.61 Å². The van der Waals surface area contributed by atoms with Gasteiger partial charge >= 0.3 is 5.97 Å². The molecule has 0 spiro atoms. The summed E-state index contributed by atoms with van der Waals surface area (Å²) in [5.41, 5.74) is 0.263. The van der Waals surface area contributed by atoms with Crippen molar-refractivity contribution < 1.29 is 29.0 Å². The number of amides is 2. The summed E-state index contributed by atoms with van der Waals surface area (Å²) in [6, 6.07) is 6.55. The number of benzene rings is 1. The van der Waals surface area contributed by atoms with Crippen molar-refractivity contribution in [1.29, 1.82) is 0 Å². The largest absolute Gasteiger partial charge is 0.458 e. The van der Waals surface area contributed by atoms with Crippen LogP contribution < -0.4 is 4.90 Å². The van der Waals surface area contributed by atoms with Crippen molar-refractivity contribution in [1.82, 2.24) is 4.90 Å². The Bertz CT molecular complexity index is 708. The molecule has 1 aromatic rings. The molecule has 0 aliphatic carbocycles. The summed E-state index contributed by atoms with van der Waals surface area (Å²) in [6.45, 7) is 5.45. The minimum atomic E-state index is -1.71. The van der Waals surface area contributed by atoms with Crippen molar-refractivity contribution in [2.24, 2.45) is 0 Å². The molecule has 2 atom stereocenters. The van der Waals surface area contributed by atoms with Crippen LogP contribution in [0.25, 0.3) is 0 Å². The van der Waals surface area contributed by atoms with Crippen molar-refractivity contribution in [3.63, 3.8) is 0 Å². The van der Waals surface area contributed by atoms with Gasteiger partial charge < -0.3 is 24.4 Å². The van der Waals surface area contributed by atoms with Crippen LogP contribution in [-0.4, -0.2) is 72.8 Å². The van der Waals surface area contributed by atoms with Gasteiger partial charge in [-0.1, -0.05) is 0 Å². The van der Waals surface area contributed by atoms with E-state index < -0.39 is 29.7 Å². The SMILES string of the molecule is CN(C)C(=O)c1ccc(N2CCO[C@H]([C@@H](O)C(=O)OC(C)(C)C)C2=O)cc1. The fourth-order valence-corrected chi connectivity index (χ4v) is 2.62. The predicted molar refractivity (Wildman–Crippen MR) is 98.4 cm³/mol. The molecule has 1 fully saturated rings. The Morgan fingerprint density at radius 1 is 1.26 bits per heavy atom. The zero-order valence-electron chi connectivity index (χ0n) is 16.3. The zero-order valence-corrected chi connectivity index (χ0v) is 16.3. The lowest BCUT2D eigenvalue weighted by Gasteiger charge is -2.34. The third-order valence-electron chi connectivity index (χ3n) is 3.89. The monoisotopic (exact) mass is 378 g/mol. The number of hydrogen-bond acceptors (Lipinski definition) is 6. The molecule has 0 unspecified atom stereocenters. The summed E-state index contributed by atoms with van der Waals surface area (Å²) < 4.78 is 10.5. The molecule has 1 aliphatic heterocycles. The molecule has 27 heavy (non-hydrogen) atoms. The lowest BCUT2D eigenvalue weighted by molar-refractivity contribution is -0.177. The first-order valence-electron chi connectivity index (χ1n) is 8.67. The first-order valence-corrected chi connectivity index (χ1v) is 8.67. The van der Waals surface area contributed by atoms with Crippen LogP contribution in [0.2, 0.25) is 0 Å². The van der Waals surface area contributed by atoms with Gasteiger partial charge in [-0.3, -0.25) is 9.59 Å². The number of morpholine rings is 1. The smallest absolute Gasteiger partial charge is 0.338 e. The van der Waals surface area contributed by atoms with E-state index in [1.54, 1.807) is 59.1 Å². The maximum absolute atomic E-state index is 12.7. The Morgan fingerprint density at radius 2 is 1.85 bits per heavy atom. The second-order valence-corrected chi connectivity index (χ2v) is 7.51. The van der Waals surface area contributed by atoms with E-state index in [0.717, 1.165) is 0 Å². The second kappa shape index (κ2) is 8.06. The molecule has 2 amide bonds. The van der Waals surface area contributed by atoms with Gasteiger partial charge in [0.25, 0.3) is 11.8 Å². The van der Waals surface area contributed by atoms with Gasteiger partial charge in [0, 0.05) is 31.9 Å². The van der Waals surface area contributed by atoms with E-state index in [1.165, 1.54) is 9.80 Å². The summed E-state index contributed by atoms with van der Waals surface area (Å²) >= 11 is 0. The molecule has 1 aromatic carbocycles. The molecule has 8 nitrogen and oxygen atoms in total.